The molecule has 19 heavy (non-hydrogen) atoms. The van der Waals surface area contributed by atoms with E-state index in [2.05, 4.69) is 6.92 Å². The normalized spacial score (nSPS) is 21.5. The molecule has 5 heteroatoms. The predicted octanol–water partition coefficient (Wildman–Crippen LogP) is 1.43. The molecule has 0 aromatic rings. The van der Waals surface area contributed by atoms with Gasteiger partial charge in [0.25, 0.3) is 0 Å². The molecule has 5 nitrogen and oxygen atoms in total. The van der Waals surface area contributed by atoms with Crippen molar-refractivity contribution in [1.82, 2.24) is 9.80 Å². The number of likely N-dealkylation sites (N-methyl/N-ethyl adjacent to an activating group) is 1. The minimum Gasteiger partial charge on any atom is -0.481 e. The van der Waals surface area contributed by atoms with Crippen molar-refractivity contribution in [2.45, 2.75) is 45.6 Å². The standard InChI is InChI=1S/C14H26N2O3/c1-4-12-7-5-6-8-16(12)13(17)10-15(3)9-11(2)14(18)19/h11-12H,4-10H2,1-3H3,(H,18,19). The molecule has 2 unspecified atom stereocenters. The number of carbonyl (C=O) groups excluding carboxylic acids is 1. The van der Waals surface area contributed by atoms with Crippen molar-refractivity contribution in [3.8, 4) is 0 Å². The zero-order valence-corrected chi connectivity index (χ0v) is 12.3. The van der Waals surface area contributed by atoms with E-state index in [1.165, 1.54) is 6.42 Å². The lowest BCUT2D eigenvalue weighted by Crippen LogP contribution is -2.47. The number of carboxylic acids is 1. The highest BCUT2D eigenvalue weighted by Gasteiger charge is 2.26. The van der Waals surface area contributed by atoms with E-state index in [1.807, 2.05) is 16.8 Å². The summed E-state index contributed by atoms with van der Waals surface area (Å²) in [4.78, 5) is 26.9. The summed E-state index contributed by atoms with van der Waals surface area (Å²) in [5, 5.41) is 8.87. The minimum absolute atomic E-state index is 0.131. The van der Waals surface area contributed by atoms with Crippen LogP contribution in [0.4, 0.5) is 0 Å². The second-order valence-electron chi connectivity index (χ2n) is 5.58. The molecule has 0 spiro atoms. The first-order valence-electron chi connectivity index (χ1n) is 7.16. The van der Waals surface area contributed by atoms with Crippen LogP contribution in [-0.2, 0) is 9.59 Å². The highest BCUT2D eigenvalue weighted by atomic mass is 16.4. The van der Waals surface area contributed by atoms with Gasteiger partial charge in [-0.15, -0.1) is 0 Å². The molecule has 0 bridgehead atoms. The summed E-state index contributed by atoms with van der Waals surface area (Å²) in [6, 6.07) is 0.367. The Kier molecular flexibility index (Phi) is 6.28. The molecule has 0 aliphatic carbocycles. The molecule has 1 aliphatic heterocycles. The van der Waals surface area contributed by atoms with Crippen LogP contribution in [0.1, 0.15) is 39.5 Å². The minimum atomic E-state index is -0.816. The van der Waals surface area contributed by atoms with Gasteiger partial charge in [-0.05, 0) is 32.7 Å². The topological polar surface area (TPSA) is 60.9 Å². The number of piperidine rings is 1. The van der Waals surface area contributed by atoms with Crippen molar-refractivity contribution in [1.29, 1.82) is 0 Å². The molecular weight excluding hydrogens is 244 g/mol. The van der Waals surface area contributed by atoms with Gasteiger partial charge < -0.3 is 10.0 Å². The molecule has 1 fully saturated rings. The third-order valence-electron chi connectivity index (χ3n) is 3.83. The molecule has 110 valence electrons. The van der Waals surface area contributed by atoms with E-state index >= 15 is 0 Å². The Morgan fingerprint density at radius 1 is 1.42 bits per heavy atom. The van der Waals surface area contributed by atoms with E-state index in [9.17, 15) is 9.59 Å². The fourth-order valence-corrected chi connectivity index (χ4v) is 2.69. The number of likely N-dealkylation sites (tertiary alicyclic amines) is 1. The fraction of sp³-hybridized carbons (Fsp3) is 0.857. The van der Waals surface area contributed by atoms with Crippen molar-refractivity contribution in [3.05, 3.63) is 0 Å². The number of hydrogen-bond donors (Lipinski definition) is 1. The zero-order valence-electron chi connectivity index (χ0n) is 12.3. The lowest BCUT2D eigenvalue weighted by atomic mass is 10.00. The lowest BCUT2D eigenvalue weighted by Gasteiger charge is -2.36. The van der Waals surface area contributed by atoms with Gasteiger partial charge in [0.1, 0.15) is 0 Å². The largest absolute Gasteiger partial charge is 0.481 e. The molecule has 0 aromatic carbocycles. The van der Waals surface area contributed by atoms with Crippen LogP contribution in [0.25, 0.3) is 0 Å². The Balaban J connectivity index is 2.46. The van der Waals surface area contributed by atoms with Crippen LogP contribution in [0.2, 0.25) is 0 Å². The molecule has 0 aromatic heterocycles. The van der Waals surface area contributed by atoms with Crippen LogP contribution in [0, 0.1) is 5.92 Å². The van der Waals surface area contributed by atoms with E-state index in [-0.39, 0.29) is 5.91 Å². The number of amides is 1. The van der Waals surface area contributed by atoms with E-state index < -0.39 is 11.9 Å². The average Bonchev–Trinajstić information content (AvgIpc) is 2.38. The second-order valence-corrected chi connectivity index (χ2v) is 5.58. The van der Waals surface area contributed by atoms with Gasteiger partial charge in [0.05, 0.1) is 12.5 Å². The maximum atomic E-state index is 12.3. The molecule has 1 N–H and O–H groups in total. The molecule has 2 atom stereocenters. The van der Waals surface area contributed by atoms with Gasteiger partial charge in [-0.3, -0.25) is 14.5 Å². The third kappa shape index (κ3) is 4.82. The number of carbonyl (C=O) groups is 2. The van der Waals surface area contributed by atoms with E-state index in [4.69, 9.17) is 5.11 Å². The summed E-state index contributed by atoms with van der Waals surface area (Å²) in [6.07, 6.45) is 4.38. The van der Waals surface area contributed by atoms with Crippen molar-refractivity contribution >= 4 is 11.9 Å². The number of carboxylic acid groups (broad SMARTS) is 1. The maximum Gasteiger partial charge on any atom is 0.307 e. The number of hydrogen-bond acceptors (Lipinski definition) is 3. The smallest absolute Gasteiger partial charge is 0.307 e. The summed E-state index contributed by atoms with van der Waals surface area (Å²) < 4.78 is 0. The first-order chi connectivity index (χ1) is 8.95. The van der Waals surface area contributed by atoms with Gasteiger partial charge in [-0.25, -0.2) is 0 Å². The SMILES string of the molecule is CCC1CCCCN1C(=O)CN(C)CC(C)C(=O)O. The Bertz CT molecular complexity index is 320. The van der Waals surface area contributed by atoms with Gasteiger partial charge >= 0.3 is 5.97 Å². The predicted molar refractivity (Wildman–Crippen MR) is 73.9 cm³/mol. The van der Waals surface area contributed by atoms with E-state index in [0.717, 1.165) is 25.8 Å². The van der Waals surface area contributed by atoms with Crippen molar-refractivity contribution < 1.29 is 14.7 Å². The molecule has 0 saturated carbocycles. The maximum absolute atomic E-state index is 12.3. The van der Waals surface area contributed by atoms with Crippen LogP contribution in [0.5, 0.6) is 0 Å². The first kappa shape index (κ1) is 16.0. The number of nitrogens with zero attached hydrogens (tertiary/aromatic N) is 2. The quantitative estimate of drug-likeness (QED) is 0.793. The van der Waals surface area contributed by atoms with Gasteiger partial charge in [0.2, 0.25) is 5.91 Å². The molecule has 0 radical (unpaired) electrons. The van der Waals surface area contributed by atoms with Gasteiger partial charge in [0.15, 0.2) is 0 Å². The summed E-state index contributed by atoms with van der Waals surface area (Å²) >= 11 is 0. The molecular formula is C14H26N2O3. The monoisotopic (exact) mass is 270 g/mol. The number of aliphatic carboxylic acids is 1. The van der Waals surface area contributed by atoms with E-state index in [1.54, 1.807) is 6.92 Å². The highest BCUT2D eigenvalue weighted by molar-refractivity contribution is 5.78. The fourth-order valence-electron chi connectivity index (χ4n) is 2.69. The molecule has 1 heterocycles. The Morgan fingerprint density at radius 2 is 2.11 bits per heavy atom. The number of rotatable bonds is 6. The van der Waals surface area contributed by atoms with Crippen LogP contribution < -0.4 is 0 Å². The molecule has 1 aliphatic rings. The Morgan fingerprint density at radius 3 is 2.68 bits per heavy atom. The Hall–Kier alpha value is -1.10. The van der Waals surface area contributed by atoms with Crippen molar-refractivity contribution in [2.75, 3.05) is 26.7 Å². The lowest BCUT2D eigenvalue weighted by molar-refractivity contribution is -0.143. The molecule has 1 saturated heterocycles. The van der Waals surface area contributed by atoms with Gasteiger partial charge in [0, 0.05) is 19.1 Å². The van der Waals surface area contributed by atoms with E-state index in [0.29, 0.717) is 19.1 Å². The van der Waals surface area contributed by atoms with Crippen molar-refractivity contribution in [3.63, 3.8) is 0 Å². The van der Waals surface area contributed by atoms with Crippen LogP contribution in [0.3, 0.4) is 0 Å². The average molecular weight is 270 g/mol. The summed E-state index contributed by atoms with van der Waals surface area (Å²) in [6.45, 7) is 5.35. The third-order valence-corrected chi connectivity index (χ3v) is 3.83. The zero-order chi connectivity index (χ0) is 14.4. The Labute approximate surface area is 115 Å². The molecule has 1 rings (SSSR count). The van der Waals surface area contributed by atoms with Gasteiger partial charge in [-0.1, -0.05) is 13.8 Å². The van der Waals surface area contributed by atoms with Crippen LogP contribution >= 0.6 is 0 Å². The van der Waals surface area contributed by atoms with Crippen LogP contribution in [-0.4, -0.2) is 59.5 Å². The van der Waals surface area contributed by atoms with Gasteiger partial charge in [-0.2, -0.15) is 0 Å². The van der Waals surface area contributed by atoms with Crippen LogP contribution in [0.15, 0.2) is 0 Å². The highest BCUT2D eigenvalue weighted by Crippen LogP contribution is 2.19. The summed E-state index contributed by atoms with van der Waals surface area (Å²) in [5.41, 5.74) is 0. The summed E-state index contributed by atoms with van der Waals surface area (Å²) in [5.74, 6) is -1.13. The first-order valence-corrected chi connectivity index (χ1v) is 7.16. The van der Waals surface area contributed by atoms with Crippen molar-refractivity contribution in [2.24, 2.45) is 5.92 Å². The molecule has 1 amide bonds. The summed E-state index contributed by atoms with van der Waals surface area (Å²) in [7, 11) is 1.81. The second kappa shape index (κ2) is 7.48.